The van der Waals surface area contributed by atoms with Crippen LogP contribution >= 0.6 is 23.5 Å². The second kappa shape index (κ2) is 12.1. The van der Waals surface area contributed by atoms with Crippen molar-refractivity contribution < 1.29 is 28.7 Å². The molecule has 2 amide bonds. The highest BCUT2D eigenvalue weighted by Gasteiger charge is 2.41. The first-order valence-electron chi connectivity index (χ1n) is 9.46. The molecule has 0 bridgehead atoms. The fourth-order valence-electron chi connectivity index (χ4n) is 2.45. The first-order chi connectivity index (χ1) is 15.3. The van der Waals surface area contributed by atoms with Crippen molar-refractivity contribution in [1.82, 2.24) is 10.6 Å². The van der Waals surface area contributed by atoms with Gasteiger partial charge in [0, 0.05) is 23.4 Å². The molecule has 0 aliphatic heterocycles. The van der Waals surface area contributed by atoms with Crippen molar-refractivity contribution in [3.63, 3.8) is 0 Å². The molecule has 0 aliphatic rings. The summed E-state index contributed by atoms with van der Waals surface area (Å²) in [4.78, 5) is 59.4. The van der Waals surface area contributed by atoms with Gasteiger partial charge in [-0.3, -0.25) is 19.2 Å². The average molecular weight is 475 g/mol. The van der Waals surface area contributed by atoms with Gasteiger partial charge in [0.15, 0.2) is 4.87 Å². The van der Waals surface area contributed by atoms with E-state index in [9.17, 15) is 24.0 Å². The van der Waals surface area contributed by atoms with E-state index >= 15 is 0 Å². The normalized spacial score (nSPS) is 12.2. The van der Waals surface area contributed by atoms with Gasteiger partial charge in [0.1, 0.15) is 0 Å². The molecule has 0 aromatic heterocycles. The minimum Gasteiger partial charge on any atom is -0.467 e. The highest BCUT2D eigenvalue weighted by atomic mass is 32.2. The fraction of sp³-hybridized carbons (Fsp3) is 0.227. The Balaban J connectivity index is 1.89. The Morgan fingerprint density at radius 1 is 0.844 bits per heavy atom. The fourth-order valence-corrected chi connectivity index (χ4v) is 4.08. The molecule has 0 spiro atoms. The van der Waals surface area contributed by atoms with E-state index in [2.05, 4.69) is 10.6 Å². The number of rotatable bonds is 8. The molecule has 0 aliphatic carbocycles. The third kappa shape index (κ3) is 7.24. The maximum absolute atomic E-state index is 12.5. The molecular weight excluding hydrogens is 452 g/mol. The Kier molecular flexibility index (Phi) is 9.48. The largest absolute Gasteiger partial charge is 0.467 e. The smallest absolute Gasteiger partial charge is 0.342 e. The maximum atomic E-state index is 12.5. The van der Waals surface area contributed by atoms with Crippen LogP contribution in [0.25, 0.3) is 0 Å². The molecule has 32 heavy (non-hydrogen) atoms. The molecule has 2 aromatic carbocycles. The van der Waals surface area contributed by atoms with Crippen LogP contribution in [-0.2, 0) is 19.1 Å². The number of hydrogen-bond acceptors (Lipinski definition) is 8. The number of benzene rings is 2. The molecule has 8 nitrogen and oxygen atoms in total. The Morgan fingerprint density at radius 2 is 1.38 bits per heavy atom. The summed E-state index contributed by atoms with van der Waals surface area (Å²) in [6.07, 6.45) is 0. The van der Waals surface area contributed by atoms with Crippen molar-refractivity contribution in [2.75, 3.05) is 19.4 Å². The lowest BCUT2D eigenvalue weighted by molar-refractivity contribution is -0.147. The van der Waals surface area contributed by atoms with Crippen LogP contribution in [0.3, 0.4) is 0 Å². The molecule has 0 saturated heterocycles. The summed E-state index contributed by atoms with van der Waals surface area (Å²) in [6, 6.07) is 16.9. The highest BCUT2D eigenvalue weighted by molar-refractivity contribution is 8.15. The van der Waals surface area contributed by atoms with Crippen LogP contribution in [0.5, 0.6) is 0 Å². The zero-order valence-corrected chi connectivity index (χ0v) is 19.1. The van der Waals surface area contributed by atoms with E-state index in [1.54, 1.807) is 60.7 Å². The number of carbonyl (C=O) groups excluding carboxylic acids is 5. The molecule has 1 atom stereocenters. The summed E-state index contributed by atoms with van der Waals surface area (Å²) < 4.78 is 4.70. The van der Waals surface area contributed by atoms with E-state index in [1.807, 2.05) is 0 Å². The molecule has 2 aromatic rings. The molecule has 0 heterocycles. The van der Waals surface area contributed by atoms with Crippen LogP contribution < -0.4 is 10.6 Å². The van der Waals surface area contributed by atoms with Crippen LogP contribution in [0.1, 0.15) is 27.6 Å². The number of ether oxygens (including phenoxy) is 1. The van der Waals surface area contributed by atoms with E-state index in [4.69, 9.17) is 4.74 Å². The molecule has 0 fully saturated rings. The number of carbonyl (C=O) groups is 5. The van der Waals surface area contributed by atoms with Crippen molar-refractivity contribution in [1.29, 1.82) is 0 Å². The molecular formula is C22H22N2O6S2. The first-order valence-corrected chi connectivity index (χ1v) is 11.3. The van der Waals surface area contributed by atoms with Gasteiger partial charge in [-0.1, -0.05) is 72.4 Å². The van der Waals surface area contributed by atoms with Crippen LogP contribution in [0.15, 0.2) is 60.7 Å². The predicted octanol–water partition coefficient (Wildman–Crippen LogP) is 2.26. The third-order valence-electron chi connectivity index (χ3n) is 4.07. The van der Waals surface area contributed by atoms with E-state index in [1.165, 1.54) is 6.92 Å². The topological polar surface area (TPSA) is 119 Å². The molecule has 2 N–H and O–H groups in total. The van der Waals surface area contributed by atoms with Crippen LogP contribution in [0, 0.1) is 0 Å². The monoisotopic (exact) mass is 474 g/mol. The molecule has 1 unspecified atom stereocenters. The van der Waals surface area contributed by atoms with Crippen molar-refractivity contribution in [3.8, 4) is 0 Å². The minimum absolute atomic E-state index is 0.0561. The van der Waals surface area contributed by atoms with Gasteiger partial charge in [-0.05, 0) is 18.7 Å². The lowest BCUT2D eigenvalue weighted by Crippen LogP contribution is -2.55. The Morgan fingerprint density at radius 3 is 1.91 bits per heavy atom. The molecule has 0 radical (unpaired) electrons. The van der Waals surface area contributed by atoms with Gasteiger partial charge in [-0.15, -0.1) is 0 Å². The molecule has 0 saturated carbocycles. The van der Waals surface area contributed by atoms with E-state index in [0.717, 1.165) is 18.9 Å². The standard InChI is InChI=1S/C22H22N2O6S2/c1-22(21(29)30-2,32-20(28)16-11-7-4-8-12-16)24-18(26)17(25)23-13-14-31-19(27)15-9-5-3-6-10-15/h3-12H,13-14H2,1-2H3,(H,23,25)(H,24,26). The van der Waals surface area contributed by atoms with Gasteiger partial charge in [-0.25, -0.2) is 4.79 Å². The molecule has 168 valence electrons. The van der Waals surface area contributed by atoms with E-state index in [0.29, 0.717) is 22.9 Å². The number of amides is 2. The first kappa shape index (κ1) is 25.2. The minimum atomic E-state index is -1.81. The van der Waals surface area contributed by atoms with Gasteiger partial charge in [0.05, 0.1) is 7.11 Å². The van der Waals surface area contributed by atoms with Crippen LogP contribution in [-0.4, -0.2) is 52.3 Å². The zero-order valence-electron chi connectivity index (χ0n) is 17.5. The average Bonchev–Trinajstić information content (AvgIpc) is 2.81. The summed E-state index contributed by atoms with van der Waals surface area (Å²) in [5, 5.41) is 4.02. The van der Waals surface area contributed by atoms with Gasteiger partial charge in [-0.2, -0.15) is 0 Å². The Hall–Kier alpha value is -3.11. The number of thioether (sulfide) groups is 2. The summed E-state index contributed by atoms with van der Waals surface area (Å²) in [7, 11) is 1.11. The van der Waals surface area contributed by atoms with Crippen molar-refractivity contribution in [2.24, 2.45) is 0 Å². The van der Waals surface area contributed by atoms with Crippen molar-refractivity contribution in [2.45, 2.75) is 11.8 Å². The Labute approximate surface area is 193 Å². The lowest BCUT2D eigenvalue weighted by atomic mass is 10.2. The summed E-state index contributed by atoms with van der Waals surface area (Å²) in [6.45, 7) is 1.34. The lowest BCUT2D eigenvalue weighted by Gasteiger charge is -2.26. The highest BCUT2D eigenvalue weighted by Crippen LogP contribution is 2.27. The quantitative estimate of drug-likeness (QED) is 0.259. The second-order valence-corrected chi connectivity index (χ2v) is 8.95. The number of esters is 1. The van der Waals surface area contributed by atoms with E-state index in [-0.39, 0.29) is 17.4 Å². The SMILES string of the molecule is COC(=O)C(C)(NC(=O)C(=O)NCCSC(=O)c1ccccc1)SC(=O)c1ccccc1. The predicted molar refractivity (Wildman–Crippen MR) is 123 cm³/mol. The van der Waals surface area contributed by atoms with Crippen molar-refractivity contribution >= 4 is 51.5 Å². The van der Waals surface area contributed by atoms with Crippen LogP contribution in [0.4, 0.5) is 0 Å². The van der Waals surface area contributed by atoms with Crippen LogP contribution in [0.2, 0.25) is 0 Å². The number of nitrogens with one attached hydrogen (secondary N) is 2. The van der Waals surface area contributed by atoms with Gasteiger partial charge in [0.25, 0.3) is 0 Å². The van der Waals surface area contributed by atoms with Gasteiger partial charge >= 0.3 is 17.8 Å². The van der Waals surface area contributed by atoms with Crippen molar-refractivity contribution in [3.05, 3.63) is 71.8 Å². The molecule has 2 rings (SSSR count). The van der Waals surface area contributed by atoms with E-state index < -0.39 is 27.8 Å². The number of hydrogen-bond donors (Lipinski definition) is 2. The number of methoxy groups -OCH3 is 1. The molecule has 10 heteroatoms. The zero-order chi connectivity index (χ0) is 23.6. The van der Waals surface area contributed by atoms with Gasteiger partial charge in [0.2, 0.25) is 10.2 Å². The maximum Gasteiger partial charge on any atom is 0.342 e. The second-order valence-electron chi connectivity index (χ2n) is 6.49. The Bertz CT molecular complexity index is 984. The summed E-state index contributed by atoms with van der Waals surface area (Å²) >= 11 is 1.54. The summed E-state index contributed by atoms with van der Waals surface area (Å²) in [5.41, 5.74) is 0.863. The summed E-state index contributed by atoms with van der Waals surface area (Å²) in [5.74, 6) is -2.74. The third-order valence-corrected chi connectivity index (χ3v) is 6.07. The van der Waals surface area contributed by atoms with Gasteiger partial charge < -0.3 is 15.4 Å².